The third-order valence-electron chi connectivity index (χ3n) is 5.79. The van der Waals surface area contributed by atoms with Crippen molar-refractivity contribution in [3.63, 3.8) is 0 Å². The van der Waals surface area contributed by atoms with Gasteiger partial charge in [0.15, 0.2) is 0 Å². The van der Waals surface area contributed by atoms with Crippen LogP contribution < -0.4 is 4.90 Å². The zero-order valence-corrected chi connectivity index (χ0v) is 26.8. The van der Waals surface area contributed by atoms with Crippen molar-refractivity contribution in [3.8, 4) is 17.3 Å². The van der Waals surface area contributed by atoms with Gasteiger partial charge in [-0.1, -0.05) is 42.5 Å². The number of rotatable bonds is 6. The predicted molar refractivity (Wildman–Crippen MR) is 164 cm³/mol. The Hall–Kier alpha value is -4.39. The van der Waals surface area contributed by atoms with Crippen LogP contribution in [-0.2, 0) is 29.3 Å². The van der Waals surface area contributed by atoms with Gasteiger partial charge in [0.25, 0.3) is 0 Å². The first kappa shape index (κ1) is 33.8. The van der Waals surface area contributed by atoms with E-state index in [1.165, 1.54) is 6.92 Å². The molecule has 3 aromatic rings. The fourth-order valence-corrected chi connectivity index (χ4v) is 3.84. The number of hydrogen-bond donors (Lipinski definition) is 0. The van der Waals surface area contributed by atoms with Gasteiger partial charge in [-0.3, -0.25) is 9.98 Å². The Morgan fingerprint density at radius 2 is 1.79 bits per heavy atom. The Bertz CT molecular complexity index is 1430. The molecule has 0 saturated carbocycles. The maximum atomic E-state index is 12.1. The van der Waals surface area contributed by atoms with E-state index in [1.54, 1.807) is 37.5 Å². The Morgan fingerprint density at radius 3 is 2.31 bits per heavy atom. The first-order valence-corrected chi connectivity index (χ1v) is 13.3. The molecular formula is C33H34N6O2Os. The van der Waals surface area contributed by atoms with E-state index in [9.17, 15) is 4.79 Å². The summed E-state index contributed by atoms with van der Waals surface area (Å²) in [6.45, 7) is 3.56. The maximum absolute atomic E-state index is 12.1. The standard InChI is InChI=1S/C18H18N3O2.C13H13N2.C2H3N.Os/c1-2-23-18(22)13-11-16(14-7-3-5-9-19-14)21-17(12-13)15-8-4-6-10-20-15;1-15(2)12-8-6-11(7-9-12)13-5-3-4-10-14-13;1-2-3;/h3,5,7-12,17H,2,4,6H2,1H3;3-6,8-10H,1-2H3;1H3;/q2*-1;;+2. The molecule has 8 nitrogen and oxygen atoms in total. The second kappa shape index (κ2) is 18.1. The fourth-order valence-electron chi connectivity index (χ4n) is 3.84. The Kier molecular flexibility index (Phi) is 14.6. The number of esters is 1. The molecule has 5 rings (SSSR count). The van der Waals surface area contributed by atoms with Crippen LogP contribution in [0.25, 0.3) is 22.3 Å². The number of carbonyl (C=O) groups is 1. The van der Waals surface area contributed by atoms with Gasteiger partial charge in [0.1, 0.15) is 0 Å². The predicted octanol–water partition coefficient (Wildman–Crippen LogP) is 6.56. The molecule has 0 bridgehead atoms. The van der Waals surface area contributed by atoms with Crippen LogP contribution in [0, 0.1) is 17.4 Å². The van der Waals surface area contributed by atoms with Gasteiger partial charge in [-0.05, 0) is 63.4 Å². The topological polar surface area (TPSA) is 106 Å². The second-order valence-electron chi connectivity index (χ2n) is 8.97. The summed E-state index contributed by atoms with van der Waals surface area (Å²) in [7, 11) is 4.03. The van der Waals surface area contributed by atoms with Gasteiger partial charge < -0.3 is 19.9 Å². The monoisotopic (exact) mass is 738 g/mol. The summed E-state index contributed by atoms with van der Waals surface area (Å²) >= 11 is 0. The minimum Gasteiger partial charge on any atom is -0.672 e. The van der Waals surface area contributed by atoms with E-state index in [-0.39, 0.29) is 31.8 Å². The van der Waals surface area contributed by atoms with Gasteiger partial charge in [0.2, 0.25) is 0 Å². The van der Waals surface area contributed by atoms with Crippen molar-refractivity contribution >= 4 is 23.6 Å². The van der Waals surface area contributed by atoms with Crippen LogP contribution in [0.2, 0.25) is 0 Å². The number of aliphatic imine (C=N–C) groups is 1. The normalized spacial score (nSPS) is 14.7. The minimum absolute atomic E-state index is 0. The number of carbonyl (C=O) groups excluding carboxylic acids is 1. The van der Waals surface area contributed by atoms with E-state index < -0.39 is 0 Å². The molecule has 216 valence electrons. The number of ether oxygens (including phenoxy) is 1. The summed E-state index contributed by atoms with van der Waals surface area (Å²) in [5, 5.41) is 12.0. The zero-order valence-electron chi connectivity index (χ0n) is 24.2. The first-order valence-electron chi connectivity index (χ1n) is 13.3. The summed E-state index contributed by atoms with van der Waals surface area (Å²) < 4.78 is 5.13. The molecule has 42 heavy (non-hydrogen) atoms. The third-order valence-corrected chi connectivity index (χ3v) is 5.79. The van der Waals surface area contributed by atoms with Crippen molar-refractivity contribution < 1.29 is 29.3 Å². The van der Waals surface area contributed by atoms with Gasteiger partial charge in [-0.2, -0.15) is 5.26 Å². The molecule has 0 saturated heterocycles. The number of allylic oxidation sites excluding steroid dienone is 1. The number of hydrogen-bond acceptors (Lipinski definition) is 7. The van der Waals surface area contributed by atoms with Gasteiger partial charge in [0.05, 0.1) is 18.2 Å². The van der Waals surface area contributed by atoms with Crippen molar-refractivity contribution in [1.82, 2.24) is 9.97 Å². The van der Waals surface area contributed by atoms with E-state index in [0.717, 1.165) is 41.2 Å². The summed E-state index contributed by atoms with van der Waals surface area (Å²) in [6.07, 6.45) is 12.9. The van der Waals surface area contributed by atoms with Crippen LogP contribution in [0.5, 0.6) is 0 Å². The first-order chi connectivity index (χ1) is 20.0. The molecule has 9 heteroatoms. The molecule has 1 aromatic carbocycles. The van der Waals surface area contributed by atoms with Crippen molar-refractivity contribution in [1.29, 1.82) is 5.26 Å². The molecule has 0 spiro atoms. The maximum Gasteiger partial charge on any atom is 2.00 e. The van der Waals surface area contributed by atoms with Crippen LogP contribution in [0.3, 0.4) is 0 Å². The number of benzene rings is 1. The molecule has 1 atom stereocenters. The summed E-state index contributed by atoms with van der Waals surface area (Å²) in [6, 6.07) is 22.3. The van der Waals surface area contributed by atoms with Gasteiger partial charge in [-0.25, -0.2) is 4.79 Å². The zero-order chi connectivity index (χ0) is 29.5. The number of nitriles is 1. The van der Waals surface area contributed by atoms with E-state index in [4.69, 9.17) is 15.3 Å². The van der Waals surface area contributed by atoms with Crippen LogP contribution in [0.1, 0.15) is 32.4 Å². The van der Waals surface area contributed by atoms with Crippen molar-refractivity contribution in [2.24, 2.45) is 4.99 Å². The molecule has 2 aromatic heterocycles. The molecule has 0 radical (unpaired) electrons. The number of anilines is 1. The van der Waals surface area contributed by atoms with Crippen molar-refractivity contribution in [3.05, 3.63) is 114 Å². The molecule has 0 amide bonds. The van der Waals surface area contributed by atoms with E-state index >= 15 is 0 Å². The molecule has 4 heterocycles. The van der Waals surface area contributed by atoms with Crippen LogP contribution >= 0.6 is 0 Å². The quantitative estimate of drug-likeness (QED) is 0.210. The van der Waals surface area contributed by atoms with Crippen LogP contribution in [-0.4, -0.2) is 48.9 Å². The van der Waals surface area contributed by atoms with E-state index in [2.05, 4.69) is 38.1 Å². The molecule has 2 aliphatic heterocycles. The van der Waals surface area contributed by atoms with Crippen LogP contribution in [0.15, 0.2) is 101 Å². The molecular weight excluding hydrogens is 703 g/mol. The Morgan fingerprint density at radius 1 is 1.10 bits per heavy atom. The molecule has 0 fully saturated rings. The average molecular weight is 737 g/mol. The number of nitrogens with zero attached hydrogens (tertiary/aromatic N) is 6. The SMILES string of the molecule is CC#N.CCOC(=O)C1=CC(C2=CCCC=N2)[N-]C(c2ccccn2)=C1.CN(C)c1c[c-]c(-c2ccccn2)cc1.[Os+2]. The summed E-state index contributed by atoms with van der Waals surface area (Å²) in [5.41, 5.74) is 5.89. The molecule has 0 aliphatic carbocycles. The van der Waals surface area contributed by atoms with Crippen molar-refractivity contribution in [2.45, 2.75) is 32.7 Å². The molecule has 1 unspecified atom stereocenters. The van der Waals surface area contributed by atoms with Gasteiger partial charge >= 0.3 is 25.8 Å². The summed E-state index contributed by atoms with van der Waals surface area (Å²) in [4.78, 5) is 27.2. The number of pyridine rings is 2. The van der Waals surface area contributed by atoms with E-state index in [1.807, 2.05) is 68.8 Å². The fraction of sp³-hybridized carbons (Fsp3) is 0.242. The number of aromatic nitrogens is 2. The average Bonchev–Trinajstić information content (AvgIpc) is 3.03. The van der Waals surface area contributed by atoms with Gasteiger partial charge in [-0.15, -0.1) is 35.5 Å². The van der Waals surface area contributed by atoms with E-state index in [0.29, 0.717) is 17.9 Å². The Balaban J connectivity index is 0.000000281. The van der Waals surface area contributed by atoms with Crippen LogP contribution in [0.4, 0.5) is 5.69 Å². The largest absolute Gasteiger partial charge is 2.00 e. The third kappa shape index (κ3) is 10.2. The second-order valence-corrected chi connectivity index (χ2v) is 8.97. The molecule has 2 aliphatic rings. The van der Waals surface area contributed by atoms with Crippen molar-refractivity contribution in [2.75, 3.05) is 25.6 Å². The van der Waals surface area contributed by atoms with Gasteiger partial charge in [0, 0.05) is 36.9 Å². The Labute approximate surface area is 261 Å². The summed E-state index contributed by atoms with van der Waals surface area (Å²) in [5.74, 6) is -0.346. The molecule has 0 N–H and O–H groups in total. The smallest absolute Gasteiger partial charge is 0.672 e. The minimum atomic E-state index is -0.346.